The van der Waals surface area contributed by atoms with Gasteiger partial charge in [0.25, 0.3) is 5.91 Å². The SMILES string of the molecule is O=C(CC(Cc1ccccc1)c1ccco1)NCc1ccc(C(=O)N2CCCC2)cc1. The molecule has 2 aromatic carbocycles. The van der Waals surface area contributed by atoms with Gasteiger partial charge < -0.3 is 14.6 Å². The lowest BCUT2D eigenvalue weighted by molar-refractivity contribution is -0.121. The number of likely N-dealkylation sites (tertiary alicyclic amines) is 1. The third-order valence-electron chi connectivity index (χ3n) is 5.79. The van der Waals surface area contributed by atoms with E-state index in [-0.39, 0.29) is 17.7 Å². The van der Waals surface area contributed by atoms with E-state index in [1.165, 1.54) is 5.56 Å². The molecule has 0 aliphatic carbocycles. The Hall–Kier alpha value is -3.34. The molecule has 3 aromatic rings. The smallest absolute Gasteiger partial charge is 0.253 e. The van der Waals surface area contributed by atoms with Crippen LogP contribution in [-0.2, 0) is 17.8 Å². The lowest BCUT2D eigenvalue weighted by Gasteiger charge is -2.16. The summed E-state index contributed by atoms with van der Waals surface area (Å²) in [5.74, 6) is 0.881. The molecule has 1 N–H and O–H groups in total. The largest absolute Gasteiger partial charge is 0.469 e. The molecule has 160 valence electrons. The molecule has 0 radical (unpaired) electrons. The monoisotopic (exact) mass is 416 g/mol. The first-order chi connectivity index (χ1) is 15.2. The molecule has 0 saturated carbocycles. The van der Waals surface area contributed by atoms with E-state index in [9.17, 15) is 9.59 Å². The van der Waals surface area contributed by atoms with Gasteiger partial charge in [0.1, 0.15) is 5.76 Å². The maximum absolute atomic E-state index is 12.6. The van der Waals surface area contributed by atoms with E-state index in [1.807, 2.05) is 59.5 Å². The van der Waals surface area contributed by atoms with E-state index in [4.69, 9.17) is 4.42 Å². The summed E-state index contributed by atoms with van der Waals surface area (Å²) in [5.41, 5.74) is 2.86. The lowest BCUT2D eigenvalue weighted by atomic mass is 9.93. The second-order valence-electron chi connectivity index (χ2n) is 8.08. The maximum atomic E-state index is 12.6. The highest BCUT2D eigenvalue weighted by molar-refractivity contribution is 5.94. The normalized spacial score (nSPS) is 14.4. The highest BCUT2D eigenvalue weighted by Crippen LogP contribution is 2.25. The molecule has 2 heterocycles. The zero-order valence-electron chi connectivity index (χ0n) is 17.6. The Balaban J connectivity index is 1.32. The van der Waals surface area contributed by atoms with Crippen molar-refractivity contribution in [1.29, 1.82) is 0 Å². The lowest BCUT2D eigenvalue weighted by Crippen LogP contribution is -2.27. The average Bonchev–Trinajstić information content (AvgIpc) is 3.52. The summed E-state index contributed by atoms with van der Waals surface area (Å²) in [4.78, 5) is 27.0. The van der Waals surface area contributed by atoms with Crippen LogP contribution in [0.15, 0.2) is 77.4 Å². The predicted octanol–water partition coefficient (Wildman–Crippen LogP) is 4.55. The summed E-state index contributed by atoms with van der Waals surface area (Å²) < 4.78 is 5.59. The first kappa shape index (κ1) is 20.9. The number of furan rings is 1. The van der Waals surface area contributed by atoms with Gasteiger partial charge in [-0.05, 0) is 54.7 Å². The van der Waals surface area contributed by atoms with Crippen LogP contribution in [0.4, 0.5) is 0 Å². The standard InChI is InChI=1S/C26H28N2O3/c29-25(18-23(24-9-6-16-31-24)17-20-7-2-1-3-8-20)27-19-21-10-12-22(13-11-21)26(30)28-14-4-5-15-28/h1-3,6-13,16,23H,4-5,14-15,17-19H2,(H,27,29). The van der Waals surface area contributed by atoms with Crippen LogP contribution in [0, 0.1) is 0 Å². The molecule has 5 heteroatoms. The number of benzene rings is 2. The summed E-state index contributed by atoms with van der Waals surface area (Å²) in [6.45, 7) is 2.13. The van der Waals surface area contributed by atoms with Crippen LogP contribution in [0.25, 0.3) is 0 Å². The molecular weight excluding hydrogens is 388 g/mol. The minimum Gasteiger partial charge on any atom is -0.469 e. The second-order valence-corrected chi connectivity index (χ2v) is 8.08. The van der Waals surface area contributed by atoms with Crippen molar-refractivity contribution in [2.45, 2.75) is 38.1 Å². The van der Waals surface area contributed by atoms with Crippen molar-refractivity contribution < 1.29 is 14.0 Å². The molecule has 1 saturated heterocycles. The Morgan fingerprint density at radius 1 is 0.903 bits per heavy atom. The minimum absolute atomic E-state index is 0.0159. The number of amides is 2. The average molecular weight is 417 g/mol. The van der Waals surface area contributed by atoms with Gasteiger partial charge in [-0.25, -0.2) is 0 Å². The number of nitrogens with zero attached hydrogens (tertiary/aromatic N) is 1. The minimum atomic E-state index is -0.0189. The van der Waals surface area contributed by atoms with Gasteiger partial charge in [0.15, 0.2) is 0 Å². The van der Waals surface area contributed by atoms with Gasteiger partial charge in [0.2, 0.25) is 5.91 Å². The zero-order valence-corrected chi connectivity index (χ0v) is 17.6. The van der Waals surface area contributed by atoms with Gasteiger partial charge in [-0.2, -0.15) is 0 Å². The summed E-state index contributed by atoms with van der Waals surface area (Å²) >= 11 is 0. The van der Waals surface area contributed by atoms with Gasteiger partial charge in [-0.1, -0.05) is 42.5 Å². The van der Waals surface area contributed by atoms with Crippen LogP contribution >= 0.6 is 0 Å². The van der Waals surface area contributed by atoms with Crippen LogP contribution in [0.1, 0.15) is 52.4 Å². The molecule has 1 aliphatic rings. The van der Waals surface area contributed by atoms with Crippen LogP contribution in [0.2, 0.25) is 0 Å². The second kappa shape index (κ2) is 10.1. The zero-order chi connectivity index (χ0) is 21.5. The summed E-state index contributed by atoms with van der Waals surface area (Å²) in [5, 5.41) is 3.01. The van der Waals surface area contributed by atoms with Crippen molar-refractivity contribution >= 4 is 11.8 Å². The molecule has 31 heavy (non-hydrogen) atoms. The van der Waals surface area contributed by atoms with Crippen LogP contribution in [-0.4, -0.2) is 29.8 Å². The van der Waals surface area contributed by atoms with E-state index in [2.05, 4.69) is 17.4 Å². The van der Waals surface area contributed by atoms with Gasteiger partial charge >= 0.3 is 0 Å². The summed E-state index contributed by atoms with van der Waals surface area (Å²) in [6, 6.07) is 21.5. The summed E-state index contributed by atoms with van der Waals surface area (Å²) in [6.07, 6.45) is 4.91. The van der Waals surface area contributed by atoms with E-state index in [0.29, 0.717) is 18.5 Å². The van der Waals surface area contributed by atoms with Crippen molar-refractivity contribution in [3.63, 3.8) is 0 Å². The molecule has 4 rings (SSSR count). The number of hydrogen-bond donors (Lipinski definition) is 1. The third kappa shape index (κ3) is 5.63. The van der Waals surface area contributed by atoms with Crippen molar-refractivity contribution in [3.05, 3.63) is 95.4 Å². The number of carbonyl (C=O) groups excluding carboxylic acids is 2. The van der Waals surface area contributed by atoms with E-state index in [1.54, 1.807) is 6.26 Å². The number of rotatable bonds is 8. The van der Waals surface area contributed by atoms with Crippen molar-refractivity contribution in [2.24, 2.45) is 0 Å². The maximum Gasteiger partial charge on any atom is 0.253 e. The van der Waals surface area contributed by atoms with Gasteiger partial charge in [-0.3, -0.25) is 9.59 Å². The molecule has 0 spiro atoms. The fourth-order valence-electron chi connectivity index (χ4n) is 4.06. The molecular formula is C26H28N2O3. The summed E-state index contributed by atoms with van der Waals surface area (Å²) in [7, 11) is 0. The molecule has 1 aliphatic heterocycles. The number of nitrogens with one attached hydrogen (secondary N) is 1. The van der Waals surface area contributed by atoms with E-state index >= 15 is 0 Å². The Labute approximate surface area is 183 Å². The van der Waals surface area contributed by atoms with Crippen molar-refractivity contribution in [1.82, 2.24) is 10.2 Å². The molecule has 1 atom stereocenters. The molecule has 0 bridgehead atoms. The van der Waals surface area contributed by atoms with Crippen LogP contribution in [0.3, 0.4) is 0 Å². The quantitative estimate of drug-likeness (QED) is 0.586. The molecule has 5 nitrogen and oxygen atoms in total. The first-order valence-electron chi connectivity index (χ1n) is 10.9. The Morgan fingerprint density at radius 3 is 2.32 bits per heavy atom. The van der Waals surface area contributed by atoms with Gasteiger partial charge in [-0.15, -0.1) is 0 Å². The highest BCUT2D eigenvalue weighted by Gasteiger charge is 2.20. The molecule has 1 unspecified atom stereocenters. The van der Waals surface area contributed by atoms with Crippen LogP contribution in [0.5, 0.6) is 0 Å². The third-order valence-corrected chi connectivity index (χ3v) is 5.79. The van der Waals surface area contributed by atoms with Crippen LogP contribution < -0.4 is 5.32 Å². The first-order valence-corrected chi connectivity index (χ1v) is 10.9. The Morgan fingerprint density at radius 2 is 1.65 bits per heavy atom. The van der Waals surface area contributed by atoms with Crippen molar-refractivity contribution in [3.8, 4) is 0 Å². The number of carbonyl (C=O) groups is 2. The fourth-order valence-corrected chi connectivity index (χ4v) is 4.06. The molecule has 1 aromatic heterocycles. The highest BCUT2D eigenvalue weighted by atomic mass is 16.3. The topological polar surface area (TPSA) is 62.6 Å². The van der Waals surface area contributed by atoms with Crippen molar-refractivity contribution in [2.75, 3.05) is 13.1 Å². The Bertz CT molecular complexity index is 975. The Kier molecular flexibility index (Phi) is 6.82. The fraction of sp³-hybridized carbons (Fsp3) is 0.308. The predicted molar refractivity (Wildman–Crippen MR) is 120 cm³/mol. The number of hydrogen-bond acceptors (Lipinski definition) is 3. The van der Waals surface area contributed by atoms with Gasteiger partial charge in [0, 0.05) is 37.5 Å². The van der Waals surface area contributed by atoms with Gasteiger partial charge in [0.05, 0.1) is 6.26 Å². The molecule has 1 fully saturated rings. The van der Waals surface area contributed by atoms with E-state index in [0.717, 1.165) is 43.7 Å². The van der Waals surface area contributed by atoms with E-state index < -0.39 is 0 Å². The molecule has 2 amide bonds.